The van der Waals surface area contributed by atoms with E-state index < -0.39 is 0 Å². The summed E-state index contributed by atoms with van der Waals surface area (Å²) < 4.78 is 10.1. The SMILES string of the molecule is COCCCNc1cncc(C(=O)Nc2ccc(OC)cc2)c1. The zero-order chi connectivity index (χ0) is 16.5. The lowest BCUT2D eigenvalue weighted by Crippen LogP contribution is -2.13. The number of methoxy groups -OCH3 is 2. The van der Waals surface area contributed by atoms with Crippen LogP contribution in [-0.2, 0) is 4.74 Å². The second-order valence-corrected chi connectivity index (χ2v) is 4.92. The Morgan fingerprint density at radius 2 is 1.91 bits per heavy atom. The molecule has 122 valence electrons. The second kappa shape index (κ2) is 8.75. The summed E-state index contributed by atoms with van der Waals surface area (Å²) in [5.74, 6) is 0.537. The first kappa shape index (κ1) is 16.8. The summed E-state index contributed by atoms with van der Waals surface area (Å²) in [7, 11) is 3.27. The number of rotatable bonds is 8. The molecule has 0 saturated heterocycles. The van der Waals surface area contributed by atoms with Crippen molar-refractivity contribution >= 4 is 17.3 Å². The fourth-order valence-corrected chi connectivity index (χ4v) is 1.99. The Balaban J connectivity index is 1.95. The summed E-state index contributed by atoms with van der Waals surface area (Å²) >= 11 is 0. The molecule has 0 aliphatic heterocycles. The Bertz CT molecular complexity index is 629. The molecule has 2 aromatic rings. The second-order valence-electron chi connectivity index (χ2n) is 4.92. The fraction of sp³-hybridized carbons (Fsp3) is 0.294. The number of aromatic nitrogens is 1. The summed E-state index contributed by atoms with van der Waals surface area (Å²) in [5.41, 5.74) is 2.01. The summed E-state index contributed by atoms with van der Waals surface area (Å²) in [6, 6.07) is 8.94. The average molecular weight is 315 g/mol. The minimum absolute atomic E-state index is 0.205. The quantitative estimate of drug-likeness (QED) is 0.733. The zero-order valence-corrected chi connectivity index (χ0v) is 13.3. The summed E-state index contributed by atoms with van der Waals surface area (Å²) in [6.07, 6.45) is 4.12. The minimum atomic E-state index is -0.205. The van der Waals surface area contributed by atoms with Crippen molar-refractivity contribution < 1.29 is 14.3 Å². The Hall–Kier alpha value is -2.60. The van der Waals surface area contributed by atoms with Crippen LogP contribution >= 0.6 is 0 Å². The van der Waals surface area contributed by atoms with Gasteiger partial charge in [-0.1, -0.05) is 0 Å². The lowest BCUT2D eigenvalue weighted by molar-refractivity contribution is 0.102. The van der Waals surface area contributed by atoms with Crippen LogP contribution in [0.1, 0.15) is 16.8 Å². The first-order valence-electron chi connectivity index (χ1n) is 7.36. The van der Waals surface area contributed by atoms with Gasteiger partial charge in [-0.3, -0.25) is 9.78 Å². The first-order chi connectivity index (χ1) is 11.2. The maximum absolute atomic E-state index is 12.3. The van der Waals surface area contributed by atoms with Gasteiger partial charge < -0.3 is 20.1 Å². The highest BCUT2D eigenvalue weighted by atomic mass is 16.5. The zero-order valence-electron chi connectivity index (χ0n) is 13.3. The Kier molecular flexibility index (Phi) is 6.38. The Morgan fingerprint density at radius 3 is 2.61 bits per heavy atom. The number of nitrogens with zero attached hydrogens (tertiary/aromatic N) is 1. The highest BCUT2D eigenvalue weighted by Gasteiger charge is 2.07. The van der Waals surface area contributed by atoms with Crippen LogP contribution < -0.4 is 15.4 Å². The van der Waals surface area contributed by atoms with E-state index in [1.54, 1.807) is 56.9 Å². The third-order valence-electron chi connectivity index (χ3n) is 3.20. The molecule has 0 saturated carbocycles. The molecule has 6 heteroatoms. The van der Waals surface area contributed by atoms with Crippen LogP contribution in [0.15, 0.2) is 42.7 Å². The van der Waals surface area contributed by atoms with Crippen LogP contribution in [0.2, 0.25) is 0 Å². The Labute approximate surface area is 135 Å². The van der Waals surface area contributed by atoms with Gasteiger partial charge in [0.2, 0.25) is 0 Å². The van der Waals surface area contributed by atoms with Crippen molar-refractivity contribution in [3.05, 3.63) is 48.3 Å². The summed E-state index contributed by atoms with van der Waals surface area (Å²) in [6.45, 7) is 1.46. The van der Waals surface area contributed by atoms with Gasteiger partial charge in [0.1, 0.15) is 5.75 Å². The van der Waals surface area contributed by atoms with Gasteiger partial charge in [-0.15, -0.1) is 0 Å². The van der Waals surface area contributed by atoms with Crippen molar-refractivity contribution in [2.75, 3.05) is 38.0 Å². The normalized spacial score (nSPS) is 10.2. The molecule has 2 N–H and O–H groups in total. The molecule has 1 aromatic carbocycles. The summed E-state index contributed by atoms with van der Waals surface area (Å²) in [4.78, 5) is 16.4. The van der Waals surface area contributed by atoms with Gasteiger partial charge in [0, 0.05) is 38.3 Å². The number of ether oxygens (including phenoxy) is 2. The summed E-state index contributed by atoms with van der Waals surface area (Å²) in [5, 5.41) is 6.05. The molecule has 0 aliphatic carbocycles. The number of anilines is 2. The molecule has 0 fully saturated rings. The first-order valence-corrected chi connectivity index (χ1v) is 7.36. The number of hydrogen-bond acceptors (Lipinski definition) is 5. The van der Waals surface area contributed by atoms with Crippen molar-refractivity contribution in [1.29, 1.82) is 0 Å². The molecule has 0 unspecified atom stereocenters. The number of pyridine rings is 1. The van der Waals surface area contributed by atoms with Gasteiger partial charge in [-0.05, 0) is 36.8 Å². The molecule has 23 heavy (non-hydrogen) atoms. The van der Waals surface area contributed by atoms with Gasteiger partial charge in [-0.25, -0.2) is 0 Å². The third-order valence-corrected chi connectivity index (χ3v) is 3.20. The van der Waals surface area contributed by atoms with Crippen LogP contribution in [-0.4, -0.2) is 38.3 Å². The van der Waals surface area contributed by atoms with E-state index in [0.717, 1.165) is 24.4 Å². The van der Waals surface area contributed by atoms with Crippen LogP contribution in [0.25, 0.3) is 0 Å². The lowest BCUT2D eigenvalue weighted by atomic mass is 10.2. The molecule has 0 aliphatic rings. The standard InChI is InChI=1S/C17H21N3O3/c1-22-9-3-8-19-15-10-13(11-18-12-15)17(21)20-14-4-6-16(23-2)7-5-14/h4-7,10-12,19H,3,8-9H2,1-2H3,(H,20,21). The largest absolute Gasteiger partial charge is 0.497 e. The third kappa shape index (κ3) is 5.27. The predicted molar refractivity (Wildman–Crippen MR) is 90.2 cm³/mol. The number of benzene rings is 1. The molecule has 1 heterocycles. The van der Waals surface area contributed by atoms with Crippen LogP contribution in [0.3, 0.4) is 0 Å². The number of nitrogens with one attached hydrogen (secondary N) is 2. The van der Waals surface area contributed by atoms with E-state index >= 15 is 0 Å². The minimum Gasteiger partial charge on any atom is -0.497 e. The molecule has 2 rings (SSSR count). The van der Waals surface area contributed by atoms with E-state index in [-0.39, 0.29) is 5.91 Å². The van der Waals surface area contributed by atoms with Crippen LogP contribution in [0.4, 0.5) is 11.4 Å². The van der Waals surface area contributed by atoms with Gasteiger partial charge in [-0.2, -0.15) is 0 Å². The molecule has 0 atom stereocenters. The highest BCUT2D eigenvalue weighted by molar-refractivity contribution is 6.04. The van der Waals surface area contributed by atoms with E-state index in [9.17, 15) is 4.79 Å². The van der Waals surface area contributed by atoms with Gasteiger partial charge in [0.25, 0.3) is 5.91 Å². The van der Waals surface area contributed by atoms with Crippen LogP contribution in [0.5, 0.6) is 5.75 Å². The highest BCUT2D eigenvalue weighted by Crippen LogP contribution is 2.16. The van der Waals surface area contributed by atoms with Gasteiger partial charge >= 0.3 is 0 Å². The number of amides is 1. The Morgan fingerprint density at radius 1 is 1.13 bits per heavy atom. The number of hydrogen-bond donors (Lipinski definition) is 2. The molecular formula is C17H21N3O3. The smallest absolute Gasteiger partial charge is 0.257 e. The van der Waals surface area contributed by atoms with E-state index in [1.807, 2.05) is 0 Å². The van der Waals surface area contributed by atoms with E-state index in [0.29, 0.717) is 17.9 Å². The van der Waals surface area contributed by atoms with Crippen molar-refractivity contribution in [2.45, 2.75) is 6.42 Å². The molecule has 0 spiro atoms. The van der Waals surface area contributed by atoms with Gasteiger partial charge in [0.15, 0.2) is 0 Å². The van der Waals surface area contributed by atoms with Gasteiger partial charge in [0.05, 0.1) is 18.4 Å². The molecule has 0 bridgehead atoms. The maximum atomic E-state index is 12.3. The fourth-order valence-electron chi connectivity index (χ4n) is 1.99. The van der Waals surface area contributed by atoms with Crippen molar-refractivity contribution in [3.8, 4) is 5.75 Å². The number of carbonyl (C=O) groups excluding carboxylic acids is 1. The number of carbonyl (C=O) groups is 1. The maximum Gasteiger partial charge on any atom is 0.257 e. The van der Waals surface area contributed by atoms with E-state index in [2.05, 4.69) is 15.6 Å². The average Bonchev–Trinajstić information content (AvgIpc) is 2.60. The van der Waals surface area contributed by atoms with Crippen molar-refractivity contribution in [3.63, 3.8) is 0 Å². The lowest BCUT2D eigenvalue weighted by Gasteiger charge is -2.09. The molecule has 1 aromatic heterocycles. The van der Waals surface area contributed by atoms with E-state index in [4.69, 9.17) is 9.47 Å². The van der Waals surface area contributed by atoms with Crippen molar-refractivity contribution in [2.24, 2.45) is 0 Å². The van der Waals surface area contributed by atoms with E-state index in [1.165, 1.54) is 0 Å². The van der Waals surface area contributed by atoms with Crippen LogP contribution in [0, 0.1) is 0 Å². The monoisotopic (exact) mass is 315 g/mol. The predicted octanol–water partition coefficient (Wildman–Crippen LogP) is 2.79. The van der Waals surface area contributed by atoms with Crippen molar-refractivity contribution in [1.82, 2.24) is 4.98 Å². The molecule has 1 amide bonds. The molecule has 6 nitrogen and oxygen atoms in total. The molecule has 0 radical (unpaired) electrons. The topological polar surface area (TPSA) is 72.5 Å². The molecular weight excluding hydrogens is 294 g/mol.